The minimum atomic E-state index is -0.171. The Morgan fingerprint density at radius 2 is 1.86 bits per heavy atom. The minimum Gasteiger partial charge on any atom is -0.497 e. The number of hydrogen-bond acceptors (Lipinski definition) is 7. The average molecular weight is 520 g/mol. The third-order valence-corrected chi connectivity index (χ3v) is 6.70. The van der Waals surface area contributed by atoms with E-state index in [1.165, 1.54) is 23.8 Å². The zero-order valence-electron chi connectivity index (χ0n) is 19.8. The summed E-state index contributed by atoms with van der Waals surface area (Å²) in [5.74, 6) is 1.34. The first kappa shape index (κ1) is 25.2. The van der Waals surface area contributed by atoms with Crippen molar-refractivity contribution in [3.8, 4) is 23.3 Å². The van der Waals surface area contributed by atoms with Gasteiger partial charge >= 0.3 is 0 Å². The van der Waals surface area contributed by atoms with Crippen molar-refractivity contribution in [3.63, 3.8) is 0 Å². The number of methoxy groups -OCH3 is 2. The first-order valence-corrected chi connectivity index (χ1v) is 12.0. The Morgan fingerprint density at radius 1 is 1.11 bits per heavy atom. The molecule has 0 aliphatic carbocycles. The van der Waals surface area contributed by atoms with Crippen molar-refractivity contribution in [2.75, 3.05) is 21.3 Å². The molecule has 1 aliphatic heterocycles. The number of rotatable bonds is 7. The molecule has 0 bridgehead atoms. The molecule has 1 saturated heterocycles. The van der Waals surface area contributed by atoms with Gasteiger partial charge in [-0.05, 0) is 65.9 Å². The molecule has 0 saturated carbocycles. The Morgan fingerprint density at radius 3 is 2.56 bits per heavy atom. The molecule has 0 unspecified atom stereocenters. The molecule has 1 amide bonds. The highest BCUT2D eigenvalue weighted by atomic mass is 35.5. The van der Waals surface area contributed by atoms with E-state index < -0.39 is 0 Å². The molecule has 1 fully saturated rings. The molecule has 182 valence electrons. The van der Waals surface area contributed by atoms with Crippen LogP contribution in [-0.2, 0) is 11.4 Å². The van der Waals surface area contributed by atoms with E-state index in [-0.39, 0.29) is 12.5 Å². The number of nitriles is 1. The Kier molecular flexibility index (Phi) is 7.84. The summed E-state index contributed by atoms with van der Waals surface area (Å²) in [4.78, 5) is 19.4. The molecule has 36 heavy (non-hydrogen) atoms. The lowest BCUT2D eigenvalue weighted by molar-refractivity contribution is -0.121. The average Bonchev–Trinajstić information content (AvgIpc) is 3.15. The highest BCUT2D eigenvalue weighted by Gasteiger charge is 2.30. The minimum absolute atomic E-state index is 0.157. The summed E-state index contributed by atoms with van der Waals surface area (Å²) in [5, 5.41) is 10.2. The highest BCUT2D eigenvalue weighted by Crippen LogP contribution is 2.39. The normalized spacial score (nSPS) is 15.3. The van der Waals surface area contributed by atoms with Crippen LogP contribution in [0.4, 0.5) is 5.69 Å². The van der Waals surface area contributed by atoms with Crippen LogP contribution in [0, 0.1) is 11.3 Å². The monoisotopic (exact) mass is 519 g/mol. The molecule has 3 aromatic carbocycles. The second-order valence-electron chi connectivity index (χ2n) is 7.66. The van der Waals surface area contributed by atoms with Crippen LogP contribution in [0.15, 0.2) is 70.6 Å². The summed E-state index contributed by atoms with van der Waals surface area (Å²) in [6, 6.07) is 20.1. The number of benzene rings is 3. The molecule has 7 nitrogen and oxygen atoms in total. The van der Waals surface area contributed by atoms with Crippen molar-refractivity contribution in [2.24, 2.45) is 4.99 Å². The lowest BCUT2D eigenvalue weighted by Gasteiger charge is -2.14. The van der Waals surface area contributed by atoms with E-state index in [1.807, 2.05) is 36.4 Å². The first-order chi connectivity index (χ1) is 17.4. The van der Waals surface area contributed by atoms with E-state index in [1.54, 1.807) is 44.5 Å². The van der Waals surface area contributed by atoms with Crippen molar-refractivity contribution < 1.29 is 19.0 Å². The van der Waals surface area contributed by atoms with Crippen molar-refractivity contribution in [1.29, 1.82) is 5.26 Å². The Hall–Kier alpha value is -3.93. The largest absolute Gasteiger partial charge is 0.497 e. The number of nitrogens with zero attached hydrogens (tertiary/aromatic N) is 3. The van der Waals surface area contributed by atoms with Crippen LogP contribution < -0.4 is 14.2 Å². The van der Waals surface area contributed by atoms with Crippen LogP contribution in [0.3, 0.4) is 0 Å². The standard InChI is InChI=1S/C27H22ClN3O4S/c1-31-26(32)24(36-27(31)30-20-8-10-21(33-2)11-9-20)14-17-12-22(28)25(23(13-17)34-3)35-16-19-7-5-4-6-18(19)15-29/h4-14H,16H2,1-3H3/b24-14-,30-27?. The van der Waals surface area contributed by atoms with E-state index in [2.05, 4.69) is 11.1 Å². The van der Waals surface area contributed by atoms with Crippen molar-refractivity contribution in [1.82, 2.24) is 4.90 Å². The Bertz CT molecular complexity index is 1400. The molecule has 0 aromatic heterocycles. The molecule has 0 atom stereocenters. The van der Waals surface area contributed by atoms with E-state index in [9.17, 15) is 10.1 Å². The summed E-state index contributed by atoms with van der Waals surface area (Å²) < 4.78 is 16.6. The fourth-order valence-electron chi connectivity index (χ4n) is 3.44. The molecule has 0 radical (unpaired) electrons. The number of likely N-dealkylation sites (N-methyl/N-ethyl adjacent to an activating group) is 1. The summed E-state index contributed by atoms with van der Waals surface area (Å²) in [7, 11) is 4.80. The summed E-state index contributed by atoms with van der Waals surface area (Å²) in [6.07, 6.45) is 1.74. The van der Waals surface area contributed by atoms with Crippen molar-refractivity contribution in [2.45, 2.75) is 6.61 Å². The van der Waals surface area contributed by atoms with Gasteiger partial charge in [0.25, 0.3) is 5.91 Å². The SMILES string of the molecule is COc1ccc(N=C2S/C(=C\c3cc(Cl)c(OCc4ccccc4C#N)c(OC)c3)C(=O)N2C)cc1. The number of hydrogen-bond donors (Lipinski definition) is 0. The van der Waals surface area contributed by atoms with Gasteiger partial charge in [-0.15, -0.1) is 0 Å². The lowest BCUT2D eigenvalue weighted by atomic mass is 10.1. The second-order valence-corrected chi connectivity index (χ2v) is 9.08. The van der Waals surface area contributed by atoms with Gasteiger partial charge in [0.1, 0.15) is 12.4 Å². The first-order valence-electron chi connectivity index (χ1n) is 10.8. The number of carbonyl (C=O) groups excluding carboxylic acids is 1. The van der Waals surface area contributed by atoms with Crippen LogP contribution in [0.5, 0.6) is 17.2 Å². The smallest absolute Gasteiger partial charge is 0.266 e. The summed E-state index contributed by atoms with van der Waals surface area (Å²) in [6.45, 7) is 0.157. The zero-order valence-corrected chi connectivity index (χ0v) is 21.4. The number of halogens is 1. The third kappa shape index (κ3) is 5.48. The molecule has 9 heteroatoms. The summed E-state index contributed by atoms with van der Waals surface area (Å²) in [5.41, 5.74) is 2.66. The van der Waals surface area contributed by atoms with Gasteiger partial charge in [-0.2, -0.15) is 5.26 Å². The van der Waals surface area contributed by atoms with Crippen LogP contribution in [0.25, 0.3) is 6.08 Å². The maximum atomic E-state index is 12.9. The summed E-state index contributed by atoms with van der Waals surface area (Å²) >= 11 is 7.80. The zero-order chi connectivity index (χ0) is 25.7. The topological polar surface area (TPSA) is 84.1 Å². The molecule has 4 rings (SSSR count). The van der Waals surface area contributed by atoms with E-state index >= 15 is 0 Å². The van der Waals surface area contributed by atoms with Crippen LogP contribution >= 0.6 is 23.4 Å². The number of carbonyl (C=O) groups is 1. The maximum Gasteiger partial charge on any atom is 0.266 e. The predicted octanol–water partition coefficient (Wildman–Crippen LogP) is 6.04. The van der Waals surface area contributed by atoms with Gasteiger partial charge in [-0.25, -0.2) is 4.99 Å². The fraction of sp³-hybridized carbons (Fsp3) is 0.148. The van der Waals surface area contributed by atoms with Gasteiger partial charge in [0.05, 0.1) is 41.5 Å². The van der Waals surface area contributed by atoms with Crippen LogP contribution in [0.2, 0.25) is 5.02 Å². The van der Waals surface area contributed by atoms with Gasteiger partial charge in [0.2, 0.25) is 0 Å². The Labute approximate surface area is 218 Å². The maximum absolute atomic E-state index is 12.9. The van der Waals surface area contributed by atoms with Gasteiger partial charge < -0.3 is 14.2 Å². The van der Waals surface area contributed by atoms with E-state index in [4.69, 9.17) is 25.8 Å². The fourth-order valence-corrected chi connectivity index (χ4v) is 4.70. The van der Waals surface area contributed by atoms with Crippen molar-refractivity contribution in [3.05, 3.63) is 87.3 Å². The number of amidine groups is 1. The molecule has 1 aliphatic rings. The molecular weight excluding hydrogens is 498 g/mol. The lowest BCUT2D eigenvalue weighted by Crippen LogP contribution is -2.23. The van der Waals surface area contributed by atoms with E-state index in [0.29, 0.717) is 43.4 Å². The number of ether oxygens (including phenoxy) is 3. The van der Waals surface area contributed by atoms with Crippen LogP contribution in [0.1, 0.15) is 16.7 Å². The molecular formula is C27H22ClN3O4S. The number of thioether (sulfide) groups is 1. The molecule has 3 aromatic rings. The number of amides is 1. The Balaban J connectivity index is 1.56. The van der Waals surface area contributed by atoms with Gasteiger partial charge in [0.15, 0.2) is 16.7 Å². The second kappa shape index (κ2) is 11.2. The predicted molar refractivity (Wildman–Crippen MR) is 142 cm³/mol. The molecule has 0 N–H and O–H groups in total. The van der Waals surface area contributed by atoms with Gasteiger partial charge in [-0.3, -0.25) is 9.69 Å². The van der Waals surface area contributed by atoms with Crippen LogP contribution in [-0.4, -0.2) is 37.2 Å². The van der Waals surface area contributed by atoms with Gasteiger partial charge in [-0.1, -0.05) is 29.8 Å². The van der Waals surface area contributed by atoms with E-state index in [0.717, 1.165) is 11.3 Å². The quantitative estimate of drug-likeness (QED) is 0.354. The third-order valence-electron chi connectivity index (χ3n) is 5.36. The molecule has 0 spiro atoms. The number of aliphatic imine (C=N–C) groups is 1. The van der Waals surface area contributed by atoms with Gasteiger partial charge in [0, 0.05) is 12.6 Å². The molecule has 1 heterocycles. The van der Waals surface area contributed by atoms with Crippen molar-refractivity contribution >= 4 is 46.2 Å². The highest BCUT2D eigenvalue weighted by molar-refractivity contribution is 8.18.